The van der Waals surface area contributed by atoms with E-state index in [-0.39, 0.29) is 5.56 Å². The quantitative estimate of drug-likeness (QED) is 0.163. The van der Waals surface area contributed by atoms with Crippen molar-refractivity contribution in [2.45, 2.75) is 0 Å². The zero-order chi connectivity index (χ0) is 41.6. The molecular weight excluding hydrogens is 771 g/mol. The fourth-order valence-corrected chi connectivity index (χ4v) is 9.87. The van der Waals surface area contributed by atoms with Crippen LogP contribution < -0.4 is 5.56 Å². The van der Waals surface area contributed by atoms with Gasteiger partial charge in [0.2, 0.25) is 5.95 Å². The minimum Gasteiger partial charge on any atom is -0.309 e. The van der Waals surface area contributed by atoms with Crippen LogP contribution in [0.2, 0.25) is 0 Å². The second-order valence-electron chi connectivity index (χ2n) is 16.1. The van der Waals surface area contributed by atoms with Gasteiger partial charge in [-0.25, -0.2) is 9.97 Å². The lowest BCUT2D eigenvalue weighted by Crippen LogP contribution is -2.21. The van der Waals surface area contributed by atoms with Gasteiger partial charge in [-0.1, -0.05) is 146 Å². The Labute approximate surface area is 360 Å². The zero-order valence-electron chi connectivity index (χ0n) is 33.9. The van der Waals surface area contributed by atoms with Crippen molar-refractivity contribution < 1.29 is 0 Å². The lowest BCUT2D eigenvalue weighted by atomic mass is 9.99. The van der Waals surface area contributed by atoms with Gasteiger partial charge in [0.1, 0.15) is 0 Å². The predicted octanol–water partition coefficient (Wildman–Crippen LogP) is 13.6. The van der Waals surface area contributed by atoms with Gasteiger partial charge in [0.25, 0.3) is 5.56 Å². The van der Waals surface area contributed by atoms with E-state index in [4.69, 9.17) is 9.97 Å². The van der Waals surface area contributed by atoms with E-state index < -0.39 is 0 Å². The summed E-state index contributed by atoms with van der Waals surface area (Å²) >= 11 is 0. The number of benzene rings is 9. The molecule has 0 saturated heterocycles. The molecule has 0 atom stereocenters. The summed E-state index contributed by atoms with van der Waals surface area (Å²) < 4.78 is 6.32. The highest BCUT2D eigenvalue weighted by molar-refractivity contribution is 6.22. The van der Waals surface area contributed by atoms with E-state index in [9.17, 15) is 4.79 Å². The summed E-state index contributed by atoms with van der Waals surface area (Å²) in [5.41, 5.74) is 11.2. The van der Waals surface area contributed by atoms with Crippen molar-refractivity contribution in [2.24, 2.45) is 0 Å². The topological polar surface area (TPSA) is 57.6 Å². The summed E-state index contributed by atoms with van der Waals surface area (Å²) in [7, 11) is 0. The van der Waals surface area contributed by atoms with Gasteiger partial charge in [-0.2, -0.15) is 0 Å². The summed E-state index contributed by atoms with van der Waals surface area (Å²) in [6.45, 7) is 0. The van der Waals surface area contributed by atoms with Gasteiger partial charge in [0.05, 0.1) is 44.2 Å². The van der Waals surface area contributed by atoms with Crippen LogP contribution in [0.1, 0.15) is 0 Å². The Kier molecular flexibility index (Phi) is 7.65. The smallest absolute Gasteiger partial charge is 0.267 e. The Bertz CT molecular complexity index is 4040. The standard InChI is InChI=1S/C57H35N5O/c63-56-53-54(37-17-4-1-5-18-37)58-57(59-55(53)44-25-13-15-27-48(44)61(56)41-21-8-3-9-22-41)62-50-32-30-39(35-46(50)52-42-23-11-10-16-36(42)28-33-51(52)62)38-29-31-49-45(34-38)43-24-12-14-26-47(43)60(49)40-19-6-2-7-20-40/h1-35H. The average Bonchev–Trinajstić information content (AvgIpc) is 3.87. The Morgan fingerprint density at radius 3 is 1.57 bits per heavy atom. The van der Waals surface area contributed by atoms with E-state index >= 15 is 0 Å². The molecule has 6 heteroatoms. The molecule has 0 aliphatic carbocycles. The number of rotatable bonds is 5. The molecule has 0 aliphatic rings. The first-order chi connectivity index (χ1) is 31.2. The number of para-hydroxylation sites is 4. The van der Waals surface area contributed by atoms with Gasteiger partial charge in [-0.15, -0.1) is 0 Å². The van der Waals surface area contributed by atoms with Gasteiger partial charge in [0.15, 0.2) is 0 Å². The third-order valence-electron chi connectivity index (χ3n) is 12.7. The van der Waals surface area contributed by atoms with Crippen molar-refractivity contribution >= 4 is 76.2 Å². The van der Waals surface area contributed by atoms with Crippen molar-refractivity contribution in [2.75, 3.05) is 0 Å². The average molecular weight is 806 g/mol. The molecule has 0 radical (unpaired) electrons. The van der Waals surface area contributed by atoms with Crippen LogP contribution in [-0.2, 0) is 0 Å². The molecule has 13 aromatic rings. The molecule has 6 nitrogen and oxygen atoms in total. The molecule has 9 aromatic carbocycles. The predicted molar refractivity (Wildman–Crippen MR) is 260 cm³/mol. The Morgan fingerprint density at radius 2 is 0.857 bits per heavy atom. The maximum Gasteiger partial charge on any atom is 0.267 e. The molecule has 0 saturated carbocycles. The van der Waals surface area contributed by atoms with Crippen LogP contribution in [0.5, 0.6) is 0 Å². The molecule has 0 amide bonds. The van der Waals surface area contributed by atoms with Gasteiger partial charge < -0.3 is 4.57 Å². The number of aromatic nitrogens is 5. The first-order valence-electron chi connectivity index (χ1n) is 21.2. The van der Waals surface area contributed by atoms with Gasteiger partial charge in [0, 0.05) is 43.9 Å². The van der Waals surface area contributed by atoms with Crippen LogP contribution in [0.25, 0.3) is 116 Å². The monoisotopic (exact) mass is 805 g/mol. The molecule has 0 aliphatic heterocycles. The normalized spacial score (nSPS) is 11.9. The van der Waals surface area contributed by atoms with Crippen LogP contribution in [-0.4, -0.2) is 23.7 Å². The fourth-order valence-electron chi connectivity index (χ4n) is 9.87. The number of hydrogen-bond acceptors (Lipinski definition) is 3. The summed E-state index contributed by atoms with van der Waals surface area (Å²) in [5, 5.41) is 8.30. The fraction of sp³-hybridized carbons (Fsp3) is 0. The van der Waals surface area contributed by atoms with E-state index in [1.54, 1.807) is 4.57 Å². The molecule has 0 fully saturated rings. The van der Waals surface area contributed by atoms with Crippen molar-refractivity contribution in [3.8, 4) is 39.7 Å². The molecule has 294 valence electrons. The largest absolute Gasteiger partial charge is 0.309 e. The second kappa shape index (κ2) is 13.7. The molecule has 4 heterocycles. The lowest BCUT2D eigenvalue weighted by molar-refractivity contribution is 1.00. The van der Waals surface area contributed by atoms with Crippen LogP contribution in [0.4, 0.5) is 0 Å². The van der Waals surface area contributed by atoms with Crippen LogP contribution in [0, 0.1) is 0 Å². The number of nitrogens with zero attached hydrogens (tertiary/aromatic N) is 5. The molecule has 0 N–H and O–H groups in total. The van der Waals surface area contributed by atoms with E-state index in [1.807, 2.05) is 78.9 Å². The highest BCUT2D eigenvalue weighted by Crippen LogP contribution is 2.41. The summed E-state index contributed by atoms with van der Waals surface area (Å²) in [6.07, 6.45) is 0. The summed E-state index contributed by atoms with van der Waals surface area (Å²) in [5.74, 6) is 0.501. The maximum atomic E-state index is 15.0. The Hall–Kier alpha value is -8.61. The molecule has 13 rings (SSSR count). The minimum absolute atomic E-state index is 0.165. The number of fused-ring (bicyclic) bond motifs is 11. The third kappa shape index (κ3) is 5.28. The highest BCUT2D eigenvalue weighted by atomic mass is 16.1. The lowest BCUT2D eigenvalue weighted by Gasteiger charge is -2.16. The third-order valence-corrected chi connectivity index (χ3v) is 12.7. The van der Waals surface area contributed by atoms with E-state index in [0.29, 0.717) is 22.5 Å². The molecule has 0 spiro atoms. The van der Waals surface area contributed by atoms with Crippen molar-refractivity contribution in [3.05, 3.63) is 223 Å². The van der Waals surface area contributed by atoms with Crippen molar-refractivity contribution in [1.82, 2.24) is 23.7 Å². The van der Waals surface area contributed by atoms with E-state index in [0.717, 1.165) is 71.5 Å². The minimum atomic E-state index is -0.165. The summed E-state index contributed by atoms with van der Waals surface area (Å²) in [6, 6.07) is 73.6. The van der Waals surface area contributed by atoms with Crippen LogP contribution in [0.3, 0.4) is 0 Å². The second-order valence-corrected chi connectivity index (χ2v) is 16.1. The van der Waals surface area contributed by atoms with Crippen LogP contribution >= 0.6 is 0 Å². The molecule has 0 bridgehead atoms. The van der Waals surface area contributed by atoms with Gasteiger partial charge >= 0.3 is 0 Å². The first-order valence-corrected chi connectivity index (χ1v) is 21.2. The molecule has 0 unspecified atom stereocenters. The molecular formula is C57H35N5O. The summed E-state index contributed by atoms with van der Waals surface area (Å²) in [4.78, 5) is 25.8. The molecule has 4 aromatic heterocycles. The zero-order valence-corrected chi connectivity index (χ0v) is 33.9. The van der Waals surface area contributed by atoms with Gasteiger partial charge in [-0.3, -0.25) is 13.9 Å². The van der Waals surface area contributed by atoms with Crippen molar-refractivity contribution in [3.63, 3.8) is 0 Å². The Morgan fingerprint density at radius 1 is 0.333 bits per heavy atom. The Balaban J connectivity index is 1.10. The SMILES string of the molecule is O=c1c2c(-c3ccccc3)nc(-n3c4ccc(-c5ccc6c(c5)c5ccccc5n6-c5ccccc5)cc4c4c5ccccc5ccc43)nc2c2ccccc2n1-c1ccccc1. The maximum absolute atomic E-state index is 15.0. The first kappa shape index (κ1) is 35.2. The highest BCUT2D eigenvalue weighted by Gasteiger charge is 2.24. The van der Waals surface area contributed by atoms with E-state index in [1.165, 1.54) is 21.8 Å². The van der Waals surface area contributed by atoms with Crippen molar-refractivity contribution in [1.29, 1.82) is 0 Å². The number of pyridine rings is 1. The number of hydrogen-bond donors (Lipinski definition) is 0. The van der Waals surface area contributed by atoms with Crippen LogP contribution in [0.15, 0.2) is 217 Å². The van der Waals surface area contributed by atoms with E-state index in [2.05, 4.69) is 143 Å². The van der Waals surface area contributed by atoms with Gasteiger partial charge in [-0.05, 0) is 88.6 Å². The molecule has 63 heavy (non-hydrogen) atoms.